The molecular weight excluding hydrogens is 170 g/mol. The van der Waals surface area contributed by atoms with Gasteiger partial charge in [0.05, 0.1) is 16.8 Å². The quantitative estimate of drug-likeness (QED) is 0.625. The molecule has 0 aliphatic carbocycles. The minimum absolute atomic E-state index is 0.323. The molecule has 2 nitrogen and oxygen atoms in total. The largest absolute Gasteiger partial charge is 0.368 e. The fraction of sp³-hybridized carbons (Fsp3) is 0.222. The van der Waals surface area contributed by atoms with Crippen LogP contribution in [0.2, 0.25) is 0 Å². The molecule has 1 saturated heterocycles. The van der Waals surface area contributed by atoms with Crippen LogP contribution in [0.25, 0.3) is 10.2 Å². The van der Waals surface area contributed by atoms with Gasteiger partial charge in [-0.05, 0) is 17.5 Å². The topological polar surface area (TPSA) is 25.4 Å². The molecule has 0 amide bonds. The number of pyridine rings is 1. The van der Waals surface area contributed by atoms with Gasteiger partial charge >= 0.3 is 0 Å². The summed E-state index contributed by atoms with van der Waals surface area (Å²) in [6, 6.07) is 4.21. The van der Waals surface area contributed by atoms with E-state index in [1.807, 2.05) is 12.3 Å². The highest BCUT2D eigenvalue weighted by Crippen LogP contribution is 2.31. The summed E-state index contributed by atoms with van der Waals surface area (Å²) in [6.07, 6.45) is 2.23. The third kappa shape index (κ3) is 0.940. The van der Waals surface area contributed by atoms with Crippen molar-refractivity contribution in [2.75, 3.05) is 6.61 Å². The lowest BCUT2D eigenvalue weighted by molar-refractivity contribution is 0.415. The Morgan fingerprint density at radius 1 is 1.58 bits per heavy atom. The molecule has 3 heterocycles. The first kappa shape index (κ1) is 6.57. The summed E-state index contributed by atoms with van der Waals surface area (Å²) < 4.78 is 6.44. The number of hydrogen-bond donors (Lipinski definition) is 0. The Kier molecular flexibility index (Phi) is 1.25. The van der Waals surface area contributed by atoms with Crippen LogP contribution >= 0.6 is 11.3 Å². The Bertz CT molecular complexity index is 419. The van der Waals surface area contributed by atoms with Crippen molar-refractivity contribution >= 4 is 21.6 Å². The second kappa shape index (κ2) is 2.28. The average molecular weight is 177 g/mol. The van der Waals surface area contributed by atoms with Gasteiger partial charge in [-0.2, -0.15) is 0 Å². The maximum Gasteiger partial charge on any atom is 0.107 e. The molecule has 0 unspecified atom stereocenters. The number of rotatable bonds is 1. The lowest BCUT2D eigenvalue weighted by Crippen LogP contribution is -1.81. The predicted octanol–water partition coefficient (Wildman–Crippen LogP) is 2.37. The zero-order valence-corrected chi connectivity index (χ0v) is 7.17. The summed E-state index contributed by atoms with van der Waals surface area (Å²) in [7, 11) is 0. The molecule has 3 rings (SSSR count). The van der Waals surface area contributed by atoms with E-state index in [-0.39, 0.29) is 0 Å². The zero-order valence-electron chi connectivity index (χ0n) is 6.36. The number of thiophene rings is 1. The van der Waals surface area contributed by atoms with Crippen molar-refractivity contribution in [1.82, 2.24) is 4.98 Å². The number of epoxide rings is 1. The van der Waals surface area contributed by atoms with Gasteiger partial charge in [0.2, 0.25) is 0 Å². The standard InChI is InChI=1S/C9H7NOS/c1-2-12-9-3-6(8-5-11-8)4-10-7(1)9/h1-4,8H,5H2/t8-/m0/s1. The van der Waals surface area contributed by atoms with E-state index in [1.165, 1.54) is 10.3 Å². The molecule has 1 aliphatic heterocycles. The highest BCUT2D eigenvalue weighted by molar-refractivity contribution is 7.17. The third-order valence-electron chi connectivity index (χ3n) is 2.03. The van der Waals surface area contributed by atoms with Crippen LogP contribution in [0.5, 0.6) is 0 Å². The first-order valence-electron chi connectivity index (χ1n) is 3.88. The summed E-state index contributed by atoms with van der Waals surface area (Å²) in [5.41, 5.74) is 2.30. The summed E-state index contributed by atoms with van der Waals surface area (Å²) in [5, 5.41) is 2.06. The van der Waals surface area contributed by atoms with Crippen molar-refractivity contribution in [2.45, 2.75) is 6.10 Å². The minimum atomic E-state index is 0.323. The Labute approximate surface area is 73.8 Å². The van der Waals surface area contributed by atoms with E-state index < -0.39 is 0 Å². The SMILES string of the molecule is c1cc2ncc([C@@H]3CO3)cc2s1. The zero-order chi connectivity index (χ0) is 7.97. The van der Waals surface area contributed by atoms with Crippen molar-refractivity contribution in [1.29, 1.82) is 0 Å². The number of fused-ring (bicyclic) bond motifs is 1. The Balaban J connectivity index is 2.21. The molecule has 0 saturated carbocycles. The van der Waals surface area contributed by atoms with Crippen LogP contribution in [-0.4, -0.2) is 11.6 Å². The fourth-order valence-corrected chi connectivity index (χ4v) is 2.07. The second-order valence-corrected chi connectivity index (χ2v) is 3.84. The fourth-order valence-electron chi connectivity index (χ4n) is 1.28. The third-order valence-corrected chi connectivity index (χ3v) is 2.88. The van der Waals surface area contributed by atoms with E-state index >= 15 is 0 Å². The molecule has 2 aromatic rings. The van der Waals surface area contributed by atoms with Crippen LogP contribution in [0.1, 0.15) is 11.7 Å². The van der Waals surface area contributed by atoms with Crippen LogP contribution < -0.4 is 0 Å². The highest BCUT2D eigenvalue weighted by atomic mass is 32.1. The van der Waals surface area contributed by atoms with Crippen molar-refractivity contribution < 1.29 is 4.74 Å². The second-order valence-electron chi connectivity index (χ2n) is 2.89. The van der Waals surface area contributed by atoms with E-state index in [1.54, 1.807) is 11.3 Å². The molecule has 1 atom stereocenters. The molecule has 0 radical (unpaired) electrons. The van der Waals surface area contributed by atoms with Gasteiger partial charge < -0.3 is 4.74 Å². The van der Waals surface area contributed by atoms with E-state index in [9.17, 15) is 0 Å². The minimum Gasteiger partial charge on any atom is -0.368 e. The van der Waals surface area contributed by atoms with Crippen LogP contribution in [0.15, 0.2) is 23.7 Å². The van der Waals surface area contributed by atoms with Crippen LogP contribution in [0, 0.1) is 0 Å². The summed E-state index contributed by atoms with van der Waals surface area (Å²) in [6.45, 7) is 0.860. The molecule has 2 aromatic heterocycles. The summed E-state index contributed by atoms with van der Waals surface area (Å²) in [4.78, 5) is 4.33. The van der Waals surface area contributed by atoms with Gasteiger partial charge in [0.15, 0.2) is 0 Å². The van der Waals surface area contributed by atoms with Crippen molar-refractivity contribution in [3.8, 4) is 0 Å². The van der Waals surface area contributed by atoms with Crippen molar-refractivity contribution in [2.24, 2.45) is 0 Å². The average Bonchev–Trinajstić information content (AvgIpc) is 2.84. The Morgan fingerprint density at radius 2 is 2.50 bits per heavy atom. The lowest BCUT2D eigenvalue weighted by atomic mass is 10.2. The number of hydrogen-bond acceptors (Lipinski definition) is 3. The molecule has 1 fully saturated rings. The molecule has 0 N–H and O–H groups in total. The van der Waals surface area contributed by atoms with Crippen LogP contribution in [-0.2, 0) is 4.74 Å². The van der Waals surface area contributed by atoms with E-state index in [0.29, 0.717) is 6.10 Å². The first-order valence-corrected chi connectivity index (χ1v) is 4.76. The normalized spacial score (nSPS) is 21.5. The Morgan fingerprint density at radius 3 is 3.33 bits per heavy atom. The van der Waals surface area contributed by atoms with Crippen molar-refractivity contribution in [3.05, 3.63) is 29.3 Å². The van der Waals surface area contributed by atoms with E-state index in [2.05, 4.69) is 16.4 Å². The van der Waals surface area contributed by atoms with Gasteiger partial charge in [-0.3, -0.25) is 4.98 Å². The molecule has 3 heteroatoms. The number of nitrogens with zero attached hydrogens (tertiary/aromatic N) is 1. The van der Waals surface area contributed by atoms with Crippen LogP contribution in [0.4, 0.5) is 0 Å². The van der Waals surface area contributed by atoms with Crippen LogP contribution in [0.3, 0.4) is 0 Å². The van der Waals surface area contributed by atoms with Gasteiger partial charge in [-0.15, -0.1) is 11.3 Å². The number of ether oxygens (including phenoxy) is 1. The summed E-state index contributed by atoms with van der Waals surface area (Å²) in [5.74, 6) is 0. The lowest BCUT2D eigenvalue weighted by Gasteiger charge is -1.93. The van der Waals surface area contributed by atoms with E-state index in [0.717, 1.165) is 12.1 Å². The van der Waals surface area contributed by atoms with Gasteiger partial charge in [0.25, 0.3) is 0 Å². The smallest absolute Gasteiger partial charge is 0.107 e. The monoisotopic (exact) mass is 177 g/mol. The summed E-state index contributed by atoms with van der Waals surface area (Å²) >= 11 is 1.73. The molecule has 0 spiro atoms. The van der Waals surface area contributed by atoms with E-state index in [4.69, 9.17) is 4.74 Å². The molecule has 1 aliphatic rings. The predicted molar refractivity (Wildman–Crippen MR) is 48.3 cm³/mol. The maximum absolute atomic E-state index is 5.18. The molecule has 0 bridgehead atoms. The van der Waals surface area contributed by atoms with Gasteiger partial charge in [-0.1, -0.05) is 0 Å². The van der Waals surface area contributed by atoms with Gasteiger partial charge in [0, 0.05) is 11.8 Å². The maximum atomic E-state index is 5.18. The molecular formula is C9H7NOS. The first-order chi connectivity index (χ1) is 5.93. The molecule has 12 heavy (non-hydrogen) atoms. The highest BCUT2D eigenvalue weighted by Gasteiger charge is 2.25. The molecule has 0 aromatic carbocycles. The Hall–Kier alpha value is -0.930. The number of aromatic nitrogens is 1. The van der Waals surface area contributed by atoms with Crippen molar-refractivity contribution in [3.63, 3.8) is 0 Å². The van der Waals surface area contributed by atoms with Gasteiger partial charge in [-0.25, -0.2) is 0 Å². The molecule has 60 valence electrons. The van der Waals surface area contributed by atoms with Gasteiger partial charge in [0.1, 0.15) is 6.10 Å².